The lowest BCUT2D eigenvalue weighted by atomic mass is 10.1. The number of amides is 2. The van der Waals surface area contributed by atoms with Crippen molar-refractivity contribution in [3.63, 3.8) is 0 Å². The number of halogens is 3. The van der Waals surface area contributed by atoms with Gasteiger partial charge in [0.25, 0.3) is 0 Å². The van der Waals surface area contributed by atoms with Gasteiger partial charge in [0.05, 0.1) is 18.5 Å². The van der Waals surface area contributed by atoms with Crippen molar-refractivity contribution >= 4 is 23.5 Å². The molecule has 11 heteroatoms. The Hall–Kier alpha value is -3.89. The Kier molecular flexibility index (Phi) is 7.04. The summed E-state index contributed by atoms with van der Waals surface area (Å²) in [5.74, 6) is 0.682. The van der Waals surface area contributed by atoms with E-state index < -0.39 is 23.7 Å². The molecule has 2 aromatic rings. The van der Waals surface area contributed by atoms with Crippen molar-refractivity contribution in [3.05, 3.63) is 59.7 Å². The number of primary amides is 1. The number of alkyl halides is 3. The van der Waals surface area contributed by atoms with E-state index in [4.69, 9.17) is 15.2 Å². The second kappa shape index (κ2) is 10.2. The van der Waals surface area contributed by atoms with Crippen LogP contribution in [0.3, 0.4) is 0 Å². The maximum atomic E-state index is 12.7. The molecule has 2 aliphatic heterocycles. The van der Waals surface area contributed by atoms with Crippen LogP contribution in [0.4, 0.5) is 13.2 Å². The zero-order valence-electron chi connectivity index (χ0n) is 18.6. The van der Waals surface area contributed by atoms with Gasteiger partial charge in [-0.05, 0) is 55.0 Å². The van der Waals surface area contributed by atoms with Crippen LogP contribution in [0.5, 0.6) is 11.5 Å². The summed E-state index contributed by atoms with van der Waals surface area (Å²) in [6.45, 7) is 1.37. The second-order valence-corrected chi connectivity index (χ2v) is 8.06. The topological polar surface area (TPSA) is 107 Å². The van der Waals surface area contributed by atoms with Gasteiger partial charge >= 0.3 is 6.18 Å². The fraction of sp³-hybridized carbons (Fsp3) is 0.333. The number of aliphatic imine (C=N–C) groups is 2. The number of benzene rings is 2. The highest BCUT2D eigenvalue weighted by atomic mass is 19.4. The number of carbonyl (C=O) groups excluding carboxylic acids is 2. The predicted molar refractivity (Wildman–Crippen MR) is 121 cm³/mol. The quantitative estimate of drug-likeness (QED) is 0.643. The van der Waals surface area contributed by atoms with Crippen LogP contribution in [-0.4, -0.2) is 54.2 Å². The number of ether oxygens (including phenoxy) is 2. The zero-order chi connectivity index (χ0) is 25.0. The Labute approximate surface area is 199 Å². The number of nitrogens with two attached hydrogens (primary N) is 1. The van der Waals surface area contributed by atoms with Gasteiger partial charge < -0.3 is 20.1 Å². The molecule has 0 saturated carbocycles. The number of hydrogen-bond donors (Lipinski definition) is 1. The van der Waals surface area contributed by atoms with Crippen molar-refractivity contribution < 1.29 is 32.2 Å². The summed E-state index contributed by atoms with van der Waals surface area (Å²) in [5, 5.41) is 0. The highest BCUT2D eigenvalue weighted by Crippen LogP contribution is 2.31. The van der Waals surface area contributed by atoms with Gasteiger partial charge in [-0.15, -0.1) is 0 Å². The second-order valence-electron chi connectivity index (χ2n) is 8.06. The van der Waals surface area contributed by atoms with Crippen LogP contribution in [0.1, 0.15) is 30.4 Å². The fourth-order valence-corrected chi connectivity index (χ4v) is 3.68. The van der Waals surface area contributed by atoms with E-state index in [1.54, 1.807) is 29.2 Å². The first-order valence-electron chi connectivity index (χ1n) is 11.0. The Balaban J connectivity index is 1.42. The summed E-state index contributed by atoms with van der Waals surface area (Å²) < 4.78 is 49.5. The highest BCUT2D eigenvalue weighted by Gasteiger charge is 2.30. The van der Waals surface area contributed by atoms with Crippen LogP contribution < -0.4 is 10.5 Å². The number of hydrogen-bond acceptors (Lipinski definition) is 6. The average Bonchev–Trinajstić information content (AvgIpc) is 3.23. The van der Waals surface area contributed by atoms with Crippen molar-refractivity contribution in [1.82, 2.24) is 4.90 Å². The lowest BCUT2D eigenvalue weighted by molar-refractivity contribution is -0.137. The first kappa shape index (κ1) is 24.2. The van der Waals surface area contributed by atoms with Gasteiger partial charge in [-0.25, -0.2) is 0 Å². The maximum Gasteiger partial charge on any atom is 0.416 e. The highest BCUT2D eigenvalue weighted by molar-refractivity contribution is 6.09. The molecule has 1 unspecified atom stereocenters. The van der Waals surface area contributed by atoms with E-state index >= 15 is 0 Å². The monoisotopic (exact) mass is 488 g/mol. The van der Waals surface area contributed by atoms with Gasteiger partial charge in [0, 0.05) is 18.5 Å². The van der Waals surface area contributed by atoms with Crippen LogP contribution in [0.2, 0.25) is 0 Å². The molecule has 35 heavy (non-hydrogen) atoms. The molecule has 2 heterocycles. The van der Waals surface area contributed by atoms with Crippen LogP contribution >= 0.6 is 0 Å². The van der Waals surface area contributed by atoms with Crippen molar-refractivity contribution in [2.24, 2.45) is 15.7 Å². The minimum absolute atomic E-state index is 0.0926. The van der Waals surface area contributed by atoms with Crippen molar-refractivity contribution in [2.75, 3.05) is 19.7 Å². The van der Waals surface area contributed by atoms with Crippen molar-refractivity contribution in [3.8, 4) is 11.5 Å². The normalized spacial score (nSPS) is 18.2. The molecule has 0 radical (unpaired) electrons. The molecule has 2 aromatic carbocycles. The van der Waals surface area contributed by atoms with Gasteiger partial charge in [0.15, 0.2) is 11.7 Å². The Morgan fingerprint density at radius 3 is 2.31 bits per heavy atom. The first-order chi connectivity index (χ1) is 16.7. The van der Waals surface area contributed by atoms with E-state index in [1.165, 1.54) is 12.1 Å². The molecule has 2 aliphatic rings. The van der Waals surface area contributed by atoms with Crippen LogP contribution in [0.25, 0.3) is 0 Å². The van der Waals surface area contributed by atoms with E-state index in [0.717, 1.165) is 18.6 Å². The SMILES string of the molecule is NC(=O)C1CC(OCCN2CCCC2=O)=NC(c2ccc(Oc3ccc(C(F)(F)F)cc3)cc2)=N1. The summed E-state index contributed by atoms with van der Waals surface area (Å²) in [4.78, 5) is 34.0. The molecular weight excluding hydrogens is 465 g/mol. The molecule has 2 N–H and O–H groups in total. The van der Waals surface area contributed by atoms with Gasteiger partial charge in [0.2, 0.25) is 11.8 Å². The minimum atomic E-state index is -4.42. The maximum absolute atomic E-state index is 12.7. The predicted octanol–water partition coefficient (Wildman–Crippen LogP) is 3.54. The fourth-order valence-electron chi connectivity index (χ4n) is 3.68. The molecule has 1 fully saturated rings. The van der Waals surface area contributed by atoms with E-state index in [2.05, 4.69) is 9.98 Å². The zero-order valence-corrected chi connectivity index (χ0v) is 18.6. The van der Waals surface area contributed by atoms with Crippen LogP contribution in [0, 0.1) is 0 Å². The largest absolute Gasteiger partial charge is 0.479 e. The van der Waals surface area contributed by atoms with Gasteiger partial charge in [-0.3, -0.25) is 14.6 Å². The molecule has 0 aromatic heterocycles. The van der Waals surface area contributed by atoms with Crippen LogP contribution in [-0.2, 0) is 20.5 Å². The van der Waals surface area contributed by atoms with Gasteiger partial charge in [-0.2, -0.15) is 18.2 Å². The smallest absolute Gasteiger partial charge is 0.416 e. The molecule has 1 saturated heterocycles. The van der Waals surface area contributed by atoms with Crippen molar-refractivity contribution in [2.45, 2.75) is 31.5 Å². The number of amidine groups is 1. The Bertz CT molecular complexity index is 1140. The van der Waals surface area contributed by atoms with E-state index in [0.29, 0.717) is 36.7 Å². The summed E-state index contributed by atoms with van der Waals surface area (Å²) >= 11 is 0. The number of nitrogens with zero attached hydrogens (tertiary/aromatic N) is 3. The Morgan fingerprint density at radius 2 is 1.74 bits per heavy atom. The Morgan fingerprint density at radius 1 is 1.09 bits per heavy atom. The summed E-state index contributed by atoms with van der Waals surface area (Å²) in [5.41, 5.74) is 5.28. The molecule has 2 amide bonds. The van der Waals surface area contributed by atoms with E-state index in [-0.39, 0.29) is 30.5 Å². The molecule has 8 nitrogen and oxygen atoms in total. The molecule has 0 bridgehead atoms. The van der Waals surface area contributed by atoms with Crippen LogP contribution in [0.15, 0.2) is 58.5 Å². The van der Waals surface area contributed by atoms with Gasteiger partial charge in [-0.1, -0.05) is 0 Å². The third-order valence-electron chi connectivity index (χ3n) is 5.54. The third kappa shape index (κ3) is 6.17. The molecule has 4 rings (SSSR count). The summed E-state index contributed by atoms with van der Waals surface area (Å²) in [7, 11) is 0. The molecule has 0 aliphatic carbocycles. The number of carbonyl (C=O) groups is 2. The standard InChI is InChI=1S/C24H23F3N4O4/c25-24(26,27)16-5-9-18(10-6-16)35-17-7-3-15(4-8-17)23-29-19(22(28)33)14-20(30-23)34-13-12-31-11-1-2-21(31)32/h3-10,19H,1-2,11-14H2,(H2,28,33). The minimum Gasteiger partial charge on any atom is -0.479 e. The van der Waals surface area contributed by atoms with E-state index in [1.807, 2.05) is 0 Å². The molecular formula is C24H23F3N4O4. The third-order valence-corrected chi connectivity index (χ3v) is 5.54. The van der Waals surface area contributed by atoms with Crippen molar-refractivity contribution in [1.29, 1.82) is 0 Å². The number of rotatable bonds is 7. The number of likely N-dealkylation sites (tertiary alicyclic amines) is 1. The lowest BCUT2D eigenvalue weighted by Gasteiger charge is -2.20. The summed E-state index contributed by atoms with van der Waals surface area (Å²) in [6, 6.07) is 10.1. The van der Waals surface area contributed by atoms with E-state index in [9.17, 15) is 22.8 Å². The lowest BCUT2D eigenvalue weighted by Crippen LogP contribution is -2.35. The summed E-state index contributed by atoms with van der Waals surface area (Å²) in [6.07, 6.45) is -2.92. The molecule has 184 valence electrons. The molecule has 0 spiro atoms. The van der Waals surface area contributed by atoms with Gasteiger partial charge in [0.1, 0.15) is 24.1 Å². The molecule has 1 atom stereocenters. The average molecular weight is 488 g/mol. The first-order valence-corrected chi connectivity index (χ1v) is 11.0.